The molecule has 1 aliphatic rings. The minimum Gasteiger partial charge on any atom is -0.349 e. The van der Waals surface area contributed by atoms with Gasteiger partial charge in [0.05, 0.1) is 16.8 Å². The number of aromatic nitrogens is 2. The van der Waals surface area contributed by atoms with E-state index in [1.807, 2.05) is 42.5 Å². The third kappa shape index (κ3) is 4.61. The lowest BCUT2D eigenvalue weighted by atomic mass is 9.94. The summed E-state index contributed by atoms with van der Waals surface area (Å²) >= 11 is 0. The van der Waals surface area contributed by atoms with E-state index in [0.29, 0.717) is 11.5 Å². The van der Waals surface area contributed by atoms with E-state index in [1.54, 1.807) is 12.4 Å². The van der Waals surface area contributed by atoms with Crippen LogP contribution in [0.1, 0.15) is 23.7 Å². The zero-order valence-electron chi connectivity index (χ0n) is 15.6. The zero-order valence-corrected chi connectivity index (χ0v) is 17.2. The van der Waals surface area contributed by atoms with Gasteiger partial charge in [0.1, 0.15) is 0 Å². The number of nitrogens with zero attached hydrogens (tertiary/aromatic N) is 2. The van der Waals surface area contributed by atoms with Gasteiger partial charge in [0.15, 0.2) is 0 Å². The third-order valence-corrected chi connectivity index (χ3v) is 5.02. The molecule has 1 saturated heterocycles. The van der Waals surface area contributed by atoms with E-state index in [4.69, 9.17) is 4.98 Å². The van der Waals surface area contributed by atoms with Gasteiger partial charge in [-0.3, -0.25) is 9.78 Å². The molecule has 0 saturated carbocycles. The number of hydrogen-bond donors (Lipinski definition) is 2. The van der Waals surface area contributed by atoms with Gasteiger partial charge in [-0.2, -0.15) is 0 Å². The molecule has 0 aliphatic carbocycles. The summed E-state index contributed by atoms with van der Waals surface area (Å²) in [4.78, 5) is 22.0. The Bertz CT molecular complexity index is 936. The van der Waals surface area contributed by atoms with Crippen molar-refractivity contribution in [2.75, 3.05) is 13.1 Å². The molecule has 5 nitrogen and oxygen atoms in total. The van der Waals surface area contributed by atoms with Crippen LogP contribution in [0.2, 0.25) is 0 Å². The Morgan fingerprint density at radius 2 is 2.00 bits per heavy atom. The minimum atomic E-state index is -0.0347. The first-order chi connectivity index (χ1) is 12.7. The van der Waals surface area contributed by atoms with Crippen molar-refractivity contribution in [2.45, 2.75) is 19.4 Å². The number of fused-ring (bicyclic) bond motifs is 1. The first kappa shape index (κ1) is 22.1. The van der Waals surface area contributed by atoms with Gasteiger partial charge >= 0.3 is 0 Å². The Morgan fingerprint density at radius 1 is 1.18 bits per heavy atom. The van der Waals surface area contributed by atoms with Gasteiger partial charge in [-0.05, 0) is 49.7 Å². The number of benzene rings is 1. The first-order valence-electron chi connectivity index (χ1n) is 9.04. The molecule has 148 valence electrons. The molecule has 1 fully saturated rings. The maximum Gasteiger partial charge on any atom is 0.252 e. The molecular formula is C21H24Cl2N4O. The second-order valence-electron chi connectivity index (χ2n) is 6.86. The molecule has 0 bridgehead atoms. The van der Waals surface area contributed by atoms with E-state index in [2.05, 4.69) is 22.5 Å². The Kier molecular flexibility index (Phi) is 7.75. The van der Waals surface area contributed by atoms with Crippen LogP contribution in [0, 0.1) is 5.92 Å². The zero-order chi connectivity index (χ0) is 17.9. The third-order valence-electron chi connectivity index (χ3n) is 5.02. The van der Waals surface area contributed by atoms with Crippen molar-refractivity contribution in [1.29, 1.82) is 0 Å². The number of halogens is 2. The molecule has 7 heteroatoms. The van der Waals surface area contributed by atoms with Crippen LogP contribution in [-0.4, -0.2) is 35.0 Å². The number of rotatable bonds is 3. The lowest BCUT2D eigenvalue weighted by Gasteiger charge is -2.30. The number of nitrogens with one attached hydrogen (secondary N) is 2. The Hall–Kier alpha value is -2.21. The molecule has 2 aromatic heterocycles. The lowest BCUT2D eigenvalue weighted by molar-refractivity contribution is 0.0916. The summed E-state index contributed by atoms with van der Waals surface area (Å²) in [6.45, 7) is 4.04. The maximum absolute atomic E-state index is 13.1. The normalized spacial score (nSPS) is 18.6. The van der Waals surface area contributed by atoms with E-state index in [1.165, 1.54) is 0 Å². The van der Waals surface area contributed by atoms with E-state index in [9.17, 15) is 4.79 Å². The smallest absolute Gasteiger partial charge is 0.252 e. The summed E-state index contributed by atoms with van der Waals surface area (Å²) in [6.07, 6.45) is 4.45. The molecule has 3 aromatic rings. The van der Waals surface area contributed by atoms with E-state index >= 15 is 0 Å². The summed E-state index contributed by atoms with van der Waals surface area (Å²) in [5.41, 5.74) is 3.15. The highest BCUT2D eigenvalue weighted by molar-refractivity contribution is 6.07. The quantitative estimate of drug-likeness (QED) is 0.677. The number of carbonyl (C=O) groups is 1. The van der Waals surface area contributed by atoms with Gasteiger partial charge in [0, 0.05) is 29.4 Å². The maximum atomic E-state index is 13.1. The van der Waals surface area contributed by atoms with Crippen LogP contribution in [0.15, 0.2) is 54.9 Å². The van der Waals surface area contributed by atoms with Crippen LogP contribution in [0.5, 0.6) is 0 Å². The Labute approximate surface area is 177 Å². The summed E-state index contributed by atoms with van der Waals surface area (Å²) in [5, 5.41) is 7.48. The highest BCUT2D eigenvalue weighted by atomic mass is 35.5. The van der Waals surface area contributed by atoms with Crippen LogP contribution >= 0.6 is 24.8 Å². The van der Waals surface area contributed by atoms with Crippen molar-refractivity contribution in [2.24, 2.45) is 5.92 Å². The van der Waals surface area contributed by atoms with E-state index in [0.717, 1.165) is 41.7 Å². The number of carbonyl (C=O) groups excluding carboxylic acids is 1. The van der Waals surface area contributed by atoms with Crippen LogP contribution in [-0.2, 0) is 0 Å². The number of pyridine rings is 2. The fourth-order valence-corrected chi connectivity index (χ4v) is 3.50. The molecule has 28 heavy (non-hydrogen) atoms. The van der Waals surface area contributed by atoms with Gasteiger partial charge in [0.2, 0.25) is 0 Å². The average molecular weight is 419 g/mol. The van der Waals surface area contributed by atoms with Gasteiger partial charge < -0.3 is 10.6 Å². The monoisotopic (exact) mass is 418 g/mol. The SMILES string of the molecule is CC1CNCCC1NC(=O)c1cc(-c2cccnc2)nc2ccccc12.Cl.Cl. The number of piperidine rings is 1. The highest BCUT2D eigenvalue weighted by Gasteiger charge is 2.24. The first-order valence-corrected chi connectivity index (χ1v) is 9.04. The molecule has 2 atom stereocenters. The molecule has 3 heterocycles. The summed E-state index contributed by atoms with van der Waals surface area (Å²) in [6, 6.07) is 13.7. The summed E-state index contributed by atoms with van der Waals surface area (Å²) in [7, 11) is 0. The summed E-state index contributed by atoms with van der Waals surface area (Å²) in [5.74, 6) is 0.381. The number of para-hydroxylation sites is 1. The largest absolute Gasteiger partial charge is 0.349 e. The molecule has 4 rings (SSSR count). The molecule has 1 aliphatic heterocycles. The molecule has 1 amide bonds. The van der Waals surface area contributed by atoms with Crippen LogP contribution in [0.25, 0.3) is 22.2 Å². The van der Waals surface area contributed by atoms with Crippen molar-refractivity contribution >= 4 is 41.6 Å². The van der Waals surface area contributed by atoms with E-state index in [-0.39, 0.29) is 36.8 Å². The van der Waals surface area contributed by atoms with Crippen molar-refractivity contribution in [3.05, 3.63) is 60.4 Å². The van der Waals surface area contributed by atoms with Crippen molar-refractivity contribution in [3.8, 4) is 11.3 Å². The standard InChI is InChI=1S/C21H22N4O.2ClH/c1-14-12-23-10-8-18(14)25-21(26)17-11-20(15-5-4-9-22-13-15)24-19-7-3-2-6-16(17)19;;/h2-7,9,11,13-14,18,23H,8,10,12H2,1H3,(H,25,26);2*1H. The molecule has 0 spiro atoms. The molecule has 2 N–H and O–H groups in total. The molecule has 1 aromatic carbocycles. The van der Waals surface area contributed by atoms with Crippen LogP contribution in [0.4, 0.5) is 0 Å². The van der Waals surface area contributed by atoms with Crippen molar-refractivity contribution < 1.29 is 4.79 Å². The minimum absolute atomic E-state index is 0. The van der Waals surface area contributed by atoms with Gasteiger partial charge in [0.25, 0.3) is 5.91 Å². The Balaban J connectivity index is 0.00000140. The molecule has 2 unspecified atom stereocenters. The van der Waals surface area contributed by atoms with Gasteiger partial charge in [-0.1, -0.05) is 25.1 Å². The van der Waals surface area contributed by atoms with Crippen molar-refractivity contribution in [1.82, 2.24) is 20.6 Å². The summed E-state index contributed by atoms with van der Waals surface area (Å²) < 4.78 is 0. The fraction of sp³-hybridized carbons (Fsp3) is 0.286. The topological polar surface area (TPSA) is 66.9 Å². The average Bonchev–Trinajstić information content (AvgIpc) is 2.69. The van der Waals surface area contributed by atoms with Crippen LogP contribution < -0.4 is 10.6 Å². The predicted molar refractivity (Wildman–Crippen MR) is 117 cm³/mol. The molecule has 0 radical (unpaired) electrons. The second-order valence-corrected chi connectivity index (χ2v) is 6.86. The van der Waals surface area contributed by atoms with Gasteiger partial charge in [-0.15, -0.1) is 24.8 Å². The van der Waals surface area contributed by atoms with Crippen LogP contribution in [0.3, 0.4) is 0 Å². The van der Waals surface area contributed by atoms with E-state index < -0.39 is 0 Å². The highest BCUT2D eigenvalue weighted by Crippen LogP contribution is 2.25. The van der Waals surface area contributed by atoms with Crippen molar-refractivity contribution in [3.63, 3.8) is 0 Å². The predicted octanol–water partition coefficient (Wildman–Crippen LogP) is 3.87. The fourth-order valence-electron chi connectivity index (χ4n) is 3.50. The number of hydrogen-bond acceptors (Lipinski definition) is 4. The Morgan fingerprint density at radius 3 is 2.75 bits per heavy atom. The van der Waals surface area contributed by atoms with Gasteiger partial charge in [-0.25, -0.2) is 4.98 Å². The lowest BCUT2D eigenvalue weighted by Crippen LogP contribution is -2.48. The number of amides is 1. The molecular weight excluding hydrogens is 395 g/mol. The second kappa shape index (κ2) is 9.82.